The van der Waals surface area contributed by atoms with Crippen molar-refractivity contribution in [2.75, 3.05) is 25.7 Å². The molecule has 7 nitrogen and oxygen atoms in total. The lowest BCUT2D eigenvalue weighted by atomic mass is 10.1. The Morgan fingerprint density at radius 1 is 1.26 bits per heavy atom. The molecule has 2 aromatic heterocycles. The van der Waals surface area contributed by atoms with Crippen LogP contribution in [0.2, 0.25) is 0 Å². The summed E-state index contributed by atoms with van der Waals surface area (Å²) in [5.74, 6) is 4.69. The molecule has 0 aliphatic carbocycles. The summed E-state index contributed by atoms with van der Waals surface area (Å²) >= 11 is 0. The fourth-order valence-corrected chi connectivity index (χ4v) is 3.10. The third kappa shape index (κ3) is 4.93. The first kappa shape index (κ1) is 21.7. The van der Waals surface area contributed by atoms with Crippen LogP contribution in [0.15, 0.2) is 47.7 Å². The number of allylic oxidation sites excluding steroid dienone is 1. The van der Waals surface area contributed by atoms with Gasteiger partial charge in [-0.1, -0.05) is 5.92 Å². The van der Waals surface area contributed by atoms with Crippen LogP contribution in [0.3, 0.4) is 0 Å². The molecular formula is C24H25N5O2. The first-order chi connectivity index (χ1) is 15.0. The predicted octanol–water partition coefficient (Wildman–Crippen LogP) is 4.50. The number of ether oxygens (including phenoxy) is 2. The van der Waals surface area contributed by atoms with E-state index in [-0.39, 0.29) is 0 Å². The smallest absolute Gasteiger partial charge is 0.134 e. The molecule has 0 aliphatic heterocycles. The molecule has 0 N–H and O–H groups in total. The minimum absolute atomic E-state index is 0.314. The van der Waals surface area contributed by atoms with Gasteiger partial charge >= 0.3 is 0 Å². The van der Waals surface area contributed by atoms with Crippen molar-refractivity contribution < 1.29 is 9.47 Å². The first-order valence-electron chi connectivity index (χ1n) is 9.58. The summed E-state index contributed by atoms with van der Waals surface area (Å²) in [6.45, 7) is 5.99. The second kappa shape index (κ2) is 9.63. The zero-order valence-electron chi connectivity index (χ0n) is 18.2. The molecule has 2 heterocycles. The number of rotatable bonds is 8. The summed E-state index contributed by atoms with van der Waals surface area (Å²) in [5.41, 5.74) is 4.18. The molecule has 0 radical (unpaired) electrons. The molecule has 1 aromatic carbocycles. The highest BCUT2D eigenvalue weighted by Crippen LogP contribution is 2.34. The number of pyridine rings is 1. The highest BCUT2D eigenvalue weighted by molar-refractivity contribution is 5.83. The van der Waals surface area contributed by atoms with Gasteiger partial charge in [0.1, 0.15) is 17.3 Å². The maximum atomic E-state index is 5.67. The van der Waals surface area contributed by atoms with Crippen LogP contribution in [-0.2, 0) is 7.05 Å². The van der Waals surface area contributed by atoms with Crippen LogP contribution in [0.5, 0.6) is 11.5 Å². The van der Waals surface area contributed by atoms with Gasteiger partial charge in [-0.2, -0.15) is 5.10 Å². The van der Waals surface area contributed by atoms with Gasteiger partial charge < -0.3 is 14.4 Å². The van der Waals surface area contributed by atoms with E-state index in [2.05, 4.69) is 22.7 Å². The SMILES string of the molecule is C#CCN(c1cc(OC)cc(OC)c1)c1ccc(N=C)c(/C=C(\C)c2cnn(C)c2)n1. The average Bonchev–Trinajstić information content (AvgIpc) is 3.23. The minimum atomic E-state index is 0.314. The number of hydrogen-bond acceptors (Lipinski definition) is 6. The number of terminal acetylenes is 1. The number of anilines is 2. The van der Waals surface area contributed by atoms with E-state index in [1.54, 1.807) is 25.0 Å². The van der Waals surface area contributed by atoms with E-state index in [0.717, 1.165) is 16.8 Å². The molecule has 0 saturated carbocycles. The van der Waals surface area contributed by atoms with E-state index in [9.17, 15) is 0 Å². The van der Waals surface area contributed by atoms with Crippen LogP contribution < -0.4 is 14.4 Å². The predicted molar refractivity (Wildman–Crippen MR) is 126 cm³/mol. The number of nitrogens with zero attached hydrogens (tertiary/aromatic N) is 5. The molecule has 0 fully saturated rings. The lowest BCUT2D eigenvalue weighted by molar-refractivity contribution is 0.394. The molecule has 0 spiro atoms. The van der Waals surface area contributed by atoms with Crippen molar-refractivity contribution in [2.24, 2.45) is 12.0 Å². The third-order valence-electron chi connectivity index (χ3n) is 4.75. The number of aromatic nitrogens is 3. The minimum Gasteiger partial charge on any atom is -0.497 e. The Morgan fingerprint density at radius 3 is 2.52 bits per heavy atom. The zero-order valence-corrected chi connectivity index (χ0v) is 18.2. The summed E-state index contributed by atoms with van der Waals surface area (Å²) in [7, 11) is 5.10. The average molecular weight is 415 g/mol. The largest absolute Gasteiger partial charge is 0.497 e. The molecule has 3 aromatic rings. The maximum Gasteiger partial charge on any atom is 0.134 e. The highest BCUT2D eigenvalue weighted by Gasteiger charge is 2.15. The van der Waals surface area contributed by atoms with Crippen LogP contribution in [0.4, 0.5) is 17.2 Å². The van der Waals surface area contributed by atoms with Crippen LogP contribution >= 0.6 is 0 Å². The van der Waals surface area contributed by atoms with Gasteiger partial charge in [-0.05, 0) is 37.4 Å². The van der Waals surface area contributed by atoms with Gasteiger partial charge in [0.15, 0.2) is 0 Å². The molecule has 0 bridgehead atoms. The van der Waals surface area contributed by atoms with Crippen LogP contribution in [0, 0.1) is 12.3 Å². The standard InChI is InChI=1S/C24H25N5O2/c1-7-10-29(19-12-20(30-5)14-21(13-19)31-6)24-9-8-22(25-3)23(27-24)11-17(2)18-15-26-28(4)16-18/h1,8-9,11-16H,3,10H2,2,4-6H3/b17-11+. The Hall–Kier alpha value is -4.05. The summed E-state index contributed by atoms with van der Waals surface area (Å²) < 4.78 is 12.6. The number of aliphatic imine (C=N–C) groups is 1. The van der Waals surface area contributed by atoms with E-state index in [1.165, 1.54) is 0 Å². The van der Waals surface area contributed by atoms with Gasteiger partial charge in [0.25, 0.3) is 0 Å². The molecule has 0 saturated heterocycles. The summed E-state index contributed by atoms with van der Waals surface area (Å²) in [4.78, 5) is 10.9. The zero-order chi connectivity index (χ0) is 22.4. The number of benzene rings is 1. The van der Waals surface area contributed by atoms with Crippen molar-refractivity contribution in [3.63, 3.8) is 0 Å². The van der Waals surface area contributed by atoms with Gasteiger partial charge in [-0.25, -0.2) is 4.98 Å². The van der Waals surface area contributed by atoms with E-state index in [0.29, 0.717) is 35.2 Å². The van der Waals surface area contributed by atoms with Crippen LogP contribution in [-0.4, -0.2) is 42.2 Å². The number of hydrogen-bond donors (Lipinski definition) is 0. The fraction of sp³-hybridized carbons (Fsp3) is 0.208. The molecule has 31 heavy (non-hydrogen) atoms. The monoisotopic (exact) mass is 415 g/mol. The van der Waals surface area contributed by atoms with Gasteiger partial charge in [-0.3, -0.25) is 9.67 Å². The fourth-order valence-electron chi connectivity index (χ4n) is 3.10. The van der Waals surface area contributed by atoms with Crippen molar-refractivity contribution in [3.8, 4) is 23.8 Å². The molecule has 0 unspecified atom stereocenters. The van der Waals surface area contributed by atoms with Gasteiger partial charge in [-0.15, -0.1) is 6.42 Å². The topological polar surface area (TPSA) is 64.8 Å². The van der Waals surface area contributed by atoms with Crippen molar-refractivity contribution in [3.05, 3.63) is 54.0 Å². The Morgan fingerprint density at radius 2 is 1.97 bits per heavy atom. The van der Waals surface area contributed by atoms with Crippen LogP contribution in [0.1, 0.15) is 18.2 Å². The molecular weight excluding hydrogens is 390 g/mol. The van der Waals surface area contributed by atoms with Gasteiger partial charge in [0, 0.05) is 37.0 Å². The number of aryl methyl sites for hydroxylation is 1. The summed E-state index contributed by atoms with van der Waals surface area (Å²) in [5, 5.41) is 4.23. The normalized spacial score (nSPS) is 11.0. The van der Waals surface area contributed by atoms with Crippen molar-refractivity contribution in [1.82, 2.24) is 14.8 Å². The van der Waals surface area contributed by atoms with Crippen molar-refractivity contribution in [2.45, 2.75) is 6.92 Å². The van der Waals surface area contributed by atoms with E-state index in [4.69, 9.17) is 20.9 Å². The van der Waals surface area contributed by atoms with E-state index < -0.39 is 0 Å². The Kier molecular flexibility index (Phi) is 6.73. The summed E-state index contributed by atoms with van der Waals surface area (Å²) in [6.07, 6.45) is 11.4. The van der Waals surface area contributed by atoms with Crippen LogP contribution in [0.25, 0.3) is 11.6 Å². The maximum absolute atomic E-state index is 5.67. The number of methoxy groups -OCH3 is 2. The quantitative estimate of drug-likeness (QED) is 0.400. The van der Waals surface area contributed by atoms with Crippen molar-refractivity contribution >= 4 is 35.6 Å². The molecule has 0 amide bonds. The Bertz CT molecular complexity index is 1130. The second-order valence-corrected chi connectivity index (χ2v) is 6.82. The first-order valence-corrected chi connectivity index (χ1v) is 9.58. The molecule has 3 rings (SSSR count). The Balaban J connectivity index is 2.09. The molecule has 7 heteroatoms. The lowest BCUT2D eigenvalue weighted by Gasteiger charge is -2.23. The Labute approximate surface area is 182 Å². The van der Waals surface area contributed by atoms with E-state index >= 15 is 0 Å². The molecule has 158 valence electrons. The van der Waals surface area contributed by atoms with Gasteiger partial charge in [0.05, 0.1) is 44.0 Å². The van der Waals surface area contributed by atoms with Crippen molar-refractivity contribution in [1.29, 1.82) is 0 Å². The third-order valence-corrected chi connectivity index (χ3v) is 4.75. The molecule has 0 atom stereocenters. The summed E-state index contributed by atoms with van der Waals surface area (Å²) in [6, 6.07) is 9.32. The lowest BCUT2D eigenvalue weighted by Crippen LogP contribution is -2.18. The van der Waals surface area contributed by atoms with Gasteiger partial charge in [0.2, 0.25) is 0 Å². The molecule has 0 aliphatic rings. The second-order valence-electron chi connectivity index (χ2n) is 6.82. The highest BCUT2D eigenvalue weighted by atomic mass is 16.5. The van der Waals surface area contributed by atoms with E-state index in [1.807, 2.05) is 61.6 Å².